The van der Waals surface area contributed by atoms with Gasteiger partial charge in [0.15, 0.2) is 11.5 Å². The molecular weight excluding hydrogens is 300 g/mol. The summed E-state index contributed by atoms with van der Waals surface area (Å²) < 4.78 is 0. The van der Waals surface area contributed by atoms with Gasteiger partial charge in [0.2, 0.25) is 0 Å². The van der Waals surface area contributed by atoms with Gasteiger partial charge in [-0.25, -0.2) is 4.79 Å². The van der Waals surface area contributed by atoms with E-state index in [1.165, 1.54) is 6.42 Å². The highest BCUT2D eigenvalue weighted by molar-refractivity contribution is 6.02. The fourth-order valence-electron chi connectivity index (χ4n) is 2.43. The second-order valence-corrected chi connectivity index (χ2v) is 5.26. The monoisotopic (exact) mass is 316 g/mol. The van der Waals surface area contributed by atoms with Gasteiger partial charge < -0.3 is 15.2 Å². The van der Waals surface area contributed by atoms with E-state index in [0.29, 0.717) is 0 Å². The van der Waals surface area contributed by atoms with Crippen molar-refractivity contribution in [2.75, 3.05) is 23.3 Å². The average Bonchev–Trinajstić information content (AvgIpc) is 2.58. The van der Waals surface area contributed by atoms with Crippen LogP contribution in [-0.4, -0.2) is 39.2 Å². The van der Waals surface area contributed by atoms with Crippen LogP contribution in [0.5, 0.6) is 0 Å². The summed E-state index contributed by atoms with van der Waals surface area (Å²) in [6, 6.07) is 3.30. The van der Waals surface area contributed by atoms with Crippen molar-refractivity contribution in [2.24, 2.45) is 0 Å². The maximum absolute atomic E-state index is 12.1. The Kier molecular flexibility index (Phi) is 4.18. The van der Waals surface area contributed by atoms with Crippen LogP contribution >= 0.6 is 0 Å². The van der Waals surface area contributed by atoms with E-state index in [1.807, 2.05) is 4.98 Å². The van der Waals surface area contributed by atoms with Crippen LogP contribution in [0.3, 0.4) is 0 Å². The van der Waals surface area contributed by atoms with Crippen LogP contribution in [0.25, 0.3) is 0 Å². The van der Waals surface area contributed by atoms with Crippen LogP contribution in [0, 0.1) is 0 Å². The second-order valence-electron chi connectivity index (χ2n) is 5.26. The summed E-state index contributed by atoms with van der Waals surface area (Å²) in [5.41, 5.74) is -1.29. The normalized spacial score (nSPS) is 14.5. The van der Waals surface area contributed by atoms with Gasteiger partial charge in [-0.05, 0) is 31.4 Å². The maximum atomic E-state index is 12.1. The Morgan fingerprint density at radius 3 is 2.57 bits per heavy atom. The highest BCUT2D eigenvalue weighted by Crippen LogP contribution is 2.16. The van der Waals surface area contributed by atoms with Gasteiger partial charge in [-0.3, -0.25) is 14.6 Å². The number of aromatic nitrogens is 4. The standard InChI is InChI=1S/C14H16N6O3/c21-12(16-10-8-15-14(23)17-13(10)22)9-4-5-11(19-18-9)20-6-2-1-3-7-20/h4-5,8H,1-3,6-7H2,(H,16,21)(H2,15,17,22,23). The van der Waals surface area contributed by atoms with Gasteiger partial charge in [0.1, 0.15) is 5.69 Å². The predicted molar refractivity (Wildman–Crippen MR) is 83.7 cm³/mol. The topological polar surface area (TPSA) is 124 Å². The van der Waals surface area contributed by atoms with E-state index in [2.05, 4.69) is 25.4 Å². The molecule has 1 fully saturated rings. The fourth-order valence-corrected chi connectivity index (χ4v) is 2.43. The van der Waals surface area contributed by atoms with Crippen molar-refractivity contribution in [2.45, 2.75) is 19.3 Å². The summed E-state index contributed by atoms with van der Waals surface area (Å²) in [4.78, 5) is 41.0. The lowest BCUT2D eigenvalue weighted by Gasteiger charge is -2.27. The van der Waals surface area contributed by atoms with Gasteiger partial charge in [-0.15, -0.1) is 10.2 Å². The summed E-state index contributed by atoms with van der Waals surface area (Å²) in [6.07, 6.45) is 4.60. The highest BCUT2D eigenvalue weighted by atomic mass is 16.2. The third-order valence-electron chi connectivity index (χ3n) is 3.63. The lowest BCUT2D eigenvalue weighted by molar-refractivity contribution is 0.102. The number of H-pyrrole nitrogens is 2. The smallest absolute Gasteiger partial charge is 0.325 e. The van der Waals surface area contributed by atoms with Crippen molar-refractivity contribution in [1.82, 2.24) is 20.2 Å². The maximum Gasteiger partial charge on any atom is 0.325 e. The van der Waals surface area contributed by atoms with Gasteiger partial charge >= 0.3 is 5.69 Å². The van der Waals surface area contributed by atoms with Gasteiger partial charge in [0.05, 0.1) is 0 Å². The molecule has 1 saturated heterocycles. The van der Waals surface area contributed by atoms with E-state index in [9.17, 15) is 14.4 Å². The zero-order chi connectivity index (χ0) is 16.2. The van der Waals surface area contributed by atoms with Gasteiger partial charge in [-0.2, -0.15) is 0 Å². The molecule has 23 heavy (non-hydrogen) atoms. The van der Waals surface area contributed by atoms with E-state index in [4.69, 9.17) is 0 Å². The number of hydrogen-bond acceptors (Lipinski definition) is 6. The molecule has 1 amide bonds. The molecule has 9 heteroatoms. The molecule has 0 unspecified atom stereocenters. The first kappa shape index (κ1) is 14.9. The van der Waals surface area contributed by atoms with Crippen molar-refractivity contribution in [3.8, 4) is 0 Å². The SMILES string of the molecule is O=C(Nc1c[nH]c(=O)[nH]c1=O)c1ccc(N2CCCCC2)nn1. The number of nitrogens with zero attached hydrogens (tertiary/aromatic N) is 3. The molecule has 0 bridgehead atoms. The van der Waals surface area contributed by atoms with Crippen LogP contribution < -0.4 is 21.5 Å². The Morgan fingerprint density at radius 1 is 1.13 bits per heavy atom. The largest absolute Gasteiger partial charge is 0.355 e. The van der Waals surface area contributed by atoms with Crippen LogP contribution in [-0.2, 0) is 0 Å². The van der Waals surface area contributed by atoms with Crippen LogP contribution in [0.2, 0.25) is 0 Å². The third-order valence-corrected chi connectivity index (χ3v) is 3.63. The highest BCUT2D eigenvalue weighted by Gasteiger charge is 2.15. The van der Waals surface area contributed by atoms with Gasteiger partial charge in [-0.1, -0.05) is 0 Å². The van der Waals surface area contributed by atoms with Crippen molar-refractivity contribution < 1.29 is 4.79 Å². The first-order valence-electron chi connectivity index (χ1n) is 7.35. The molecule has 0 radical (unpaired) electrons. The van der Waals surface area contributed by atoms with Crippen LogP contribution in [0.1, 0.15) is 29.8 Å². The molecule has 1 aliphatic rings. The summed E-state index contributed by atoms with van der Waals surface area (Å²) in [5, 5.41) is 10.4. The van der Waals surface area contributed by atoms with Crippen LogP contribution in [0.4, 0.5) is 11.5 Å². The molecule has 2 aromatic heterocycles. The molecule has 3 rings (SSSR count). The zero-order valence-electron chi connectivity index (χ0n) is 12.3. The fraction of sp³-hybridized carbons (Fsp3) is 0.357. The summed E-state index contributed by atoms with van der Waals surface area (Å²) >= 11 is 0. The lowest BCUT2D eigenvalue weighted by atomic mass is 10.1. The number of piperidine rings is 1. The number of carbonyl (C=O) groups is 1. The van der Waals surface area contributed by atoms with E-state index >= 15 is 0 Å². The number of aromatic amines is 2. The van der Waals surface area contributed by atoms with E-state index < -0.39 is 17.2 Å². The Morgan fingerprint density at radius 2 is 1.91 bits per heavy atom. The molecular formula is C14H16N6O3. The summed E-state index contributed by atoms with van der Waals surface area (Å²) in [6.45, 7) is 1.87. The van der Waals surface area contributed by atoms with Crippen molar-refractivity contribution in [3.05, 3.63) is 44.9 Å². The first-order valence-corrected chi connectivity index (χ1v) is 7.35. The van der Waals surface area contributed by atoms with E-state index in [0.717, 1.165) is 37.9 Å². The molecule has 3 heterocycles. The van der Waals surface area contributed by atoms with Crippen LogP contribution in [0.15, 0.2) is 27.9 Å². The quantitative estimate of drug-likeness (QED) is 0.737. The van der Waals surface area contributed by atoms with E-state index in [-0.39, 0.29) is 11.4 Å². The van der Waals surface area contributed by atoms with Crippen molar-refractivity contribution >= 4 is 17.4 Å². The summed E-state index contributed by atoms with van der Waals surface area (Å²) in [7, 11) is 0. The summed E-state index contributed by atoms with van der Waals surface area (Å²) in [5.74, 6) is 0.170. The minimum atomic E-state index is -0.681. The zero-order valence-corrected chi connectivity index (χ0v) is 12.3. The van der Waals surface area contributed by atoms with Crippen molar-refractivity contribution in [1.29, 1.82) is 0 Å². The third kappa shape index (κ3) is 3.44. The second kappa shape index (κ2) is 6.42. The molecule has 1 aliphatic heterocycles. The molecule has 0 spiro atoms. The Labute approximate surface area is 130 Å². The van der Waals surface area contributed by atoms with Gasteiger partial charge in [0.25, 0.3) is 11.5 Å². The molecule has 0 saturated carbocycles. The van der Waals surface area contributed by atoms with E-state index in [1.54, 1.807) is 12.1 Å². The average molecular weight is 316 g/mol. The molecule has 0 aromatic carbocycles. The first-order chi connectivity index (χ1) is 11.1. The molecule has 120 valence electrons. The lowest BCUT2D eigenvalue weighted by Crippen LogP contribution is -2.30. The Balaban J connectivity index is 1.72. The molecule has 0 aliphatic carbocycles. The Bertz CT molecular complexity index is 804. The number of nitrogens with one attached hydrogen (secondary N) is 3. The number of carbonyl (C=O) groups excluding carboxylic acids is 1. The minimum Gasteiger partial charge on any atom is -0.355 e. The number of amides is 1. The number of hydrogen-bond donors (Lipinski definition) is 3. The molecule has 9 nitrogen and oxygen atoms in total. The van der Waals surface area contributed by atoms with Gasteiger partial charge in [0, 0.05) is 19.3 Å². The number of anilines is 2. The predicted octanol–water partition coefficient (Wildman–Crippen LogP) is 0.0958. The minimum absolute atomic E-state index is 0.0588. The molecule has 3 N–H and O–H groups in total. The Hall–Kier alpha value is -2.97. The number of rotatable bonds is 3. The molecule has 2 aromatic rings. The molecule has 0 atom stereocenters. The van der Waals surface area contributed by atoms with Crippen molar-refractivity contribution in [3.63, 3.8) is 0 Å².